The Labute approximate surface area is 158 Å². The molecule has 0 saturated carbocycles. The minimum absolute atomic E-state index is 0.326. The van der Waals surface area contributed by atoms with Crippen LogP contribution < -0.4 is 4.74 Å². The first kappa shape index (κ1) is 17.5. The fourth-order valence-electron chi connectivity index (χ4n) is 3.27. The van der Waals surface area contributed by atoms with Crippen molar-refractivity contribution >= 4 is 16.7 Å². The first-order valence-electron chi connectivity index (χ1n) is 9.07. The molecule has 1 aromatic carbocycles. The third-order valence-corrected chi connectivity index (χ3v) is 4.87. The zero-order chi connectivity index (χ0) is 19.0. The topological polar surface area (TPSA) is 60.5 Å². The summed E-state index contributed by atoms with van der Waals surface area (Å²) in [5.41, 5.74) is 4.21. The first-order valence-corrected chi connectivity index (χ1v) is 9.07. The lowest BCUT2D eigenvalue weighted by Crippen LogP contribution is -2.19. The van der Waals surface area contributed by atoms with E-state index in [1.807, 2.05) is 30.3 Å². The molecule has 0 fully saturated rings. The van der Waals surface area contributed by atoms with Crippen molar-refractivity contribution in [3.05, 3.63) is 53.7 Å². The van der Waals surface area contributed by atoms with Crippen LogP contribution in [0, 0.1) is 13.8 Å². The molecule has 0 aliphatic carbocycles. The number of aromatic nitrogens is 5. The summed E-state index contributed by atoms with van der Waals surface area (Å²) in [5, 5.41) is 5.59. The fraction of sp³-hybridized carbons (Fsp3) is 0.350. The first-order chi connectivity index (χ1) is 13.0. The highest BCUT2D eigenvalue weighted by Gasteiger charge is 2.18. The van der Waals surface area contributed by atoms with Crippen LogP contribution in [0.2, 0.25) is 0 Å². The van der Waals surface area contributed by atoms with Gasteiger partial charge in [0.15, 0.2) is 11.5 Å². The molecule has 0 aliphatic heterocycles. The van der Waals surface area contributed by atoms with E-state index in [1.54, 1.807) is 10.8 Å². The van der Waals surface area contributed by atoms with Crippen LogP contribution in [0.1, 0.15) is 17.1 Å². The summed E-state index contributed by atoms with van der Waals surface area (Å²) >= 11 is 0. The molecule has 7 heteroatoms. The molecule has 3 aromatic heterocycles. The molecule has 4 aromatic rings. The highest BCUT2D eigenvalue weighted by molar-refractivity contribution is 5.93. The van der Waals surface area contributed by atoms with E-state index in [-0.39, 0.29) is 0 Å². The lowest BCUT2D eigenvalue weighted by molar-refractivity contribution is 0.296. The van der Waals surface area contributed by atoms with Gasteiger partial charge in [-0.05, 0) is 45.6 Å². The van der Waals surface area contributed by atoms with Crippen LogP contribution in [0.3, 0.4) is 0 Å². The number of likely N-dealkylation sites (N-methyl/N-ethyl adjacent to an activating group) is 1. The van der Waals surface area contributed by atoms with Crippen molar-refractivity contribution in [3.63, 3.8) is 0 Å². The molecule has 0 amide bonds. The molecule has 3 heterocycles. The SMILES string of the molecule is Cc1c(C)n(CCN(C)C)c2ncn3nc(COc4ccccc4)nc3c12. The second-order valence-electron chi connectivity index (χ2n) is 7.01. The van der Waals surface area contributed by atoms with E-state index in [0.29, 0.717) is 12.4 Å². The molecule has 0 bridgehead atoms. The van der Waals surface area contributed by atoms with E-state index in [2.05, 4.69) is 47.5 Å². The highest BCUT2D eigenvalue weighted by atomic mass is 16.5. The van der Waals surface area contributed by atoms with E-state index < -0.39 is 0 Å². The summed E-state index contributed by atoms with van der Waals surface area (Å²) in [7, 11) is 4.16. The van der Waals surface area contributed by atoms with E-state index in [9.17, 15) is 0 Å². The van der Waals surface area contributed by atoms with E-state index in [4.69, 9.17) is 9.72 Å². The predicted octanol–water partition coefficient (Wildman–Crippen LogP) is 2.84. The Morgan fingerprint density at radius 2 is 1.85 bits per heavy atom. The monoisotopic (exact) mass is 364 g/mol. The van der Waals surface area contributed by atoms with Crippen LogP contribution in [-0.4, -0.2) is 49.7 Å². The van der Waals surface area contributed by atoms with Crippen LogP contribution in [0.4, 0.5) is 0 Å². The molecule has 0 atom stereocenters. The summed E-state index contributed by atoms with van der Waals surface area (Å²) < 4.78 is 9.80. The quantitative estimate of drug-likeness (QED) is 0.526. The molecule has 0 spiro atoms. The number of nitrogens with zero attached hydrogens (tertiary/aromatic N) is 6. The van der Waals surface area contributed by atoms with Gasteiger partial charge in [-0.3, -0.25) is 0 Å². The van der Waals surface area contributed by atoms with E-state index >= 15 is 0 Å². The van der Waals surface area contributed by atoms with Crippen molar-refractivity contribution < 1.29 is 4.74 Å². The highest BCUT2D eigenvalue weighted by Crippen LogP contribution is 2.26. The minimum Gasteiger partial charge on any atom is -0.486 e. The smallest absolute Gasteiger partial charge is 0.189 e. The van der Waals surface area contributed by atoms with Crippen molar-refractivity contribution in [1.82, 2.24) is 29.0 Å². The summed E-state index contributed by atoms with van der Waals surface area (Å²) in [5.74, 6) is 1.45. The van der Waals surface area contributed by atoms with Gasteiger partial charge in [-0.25, -0.2) is 14.5 Å². The molecule has 0 unspecified atom stereocenters. The average molecular weight is 364 g/mol. The lowest BCUT2D eigenvalue weighted by atomic mass is 10.2. The standard InChI is InChI=1S/C20H24N6O/c1-14-15(2)25(11-10-24(3)4)19-18(14)20-22-17(23-26(20)13-21-19)12-27-16-8-6-5-7-9-16/h5-9,13H,10-12H2,1-4H3. The largest absolute Gasteiger partial charge is 0.486 e. The molecule has 0 radical (unpaired) electrons. The Bertz CT molecular complexity index is 1080. The Morgan fingerprint density at radius 1 is 1.07 bits per heavy atom. The van der Waals surface area contributed by atoms with Gasteiger partial charge in [-0.1, -0.05) is 18.2 Å². The van der Waals surface area contributed by atoms with Gasteiger partial charge < -0.3 is 14.2 Å². The van der Waals surface area contributed by atoms with Crippen LogP contribution in [0.5, 0.6) is 5.75 Å². The van der Waals surface area contributed by atoms with Crippen molar-refractivity contribution in [1.29, 1.82) is 0 Å². The maximum atomic E-state index is 5.79. The normalized spacial score (nSPS) is 11.7. The molecular weight excluding hydrogens is 340 g/mol. The second kappa shape index (κ2) is 7.00. The Kier molecular flexibility index (Phi) is 4.53. The minimum atomic E-state index is 0.326. The number of benzene rings is 1. The third kappa shape index (κ3) is 3.26. The van der Waals surface area contributed by atoms with Crippen LogP contribution in [0.15, 0.2) is 36.7 Å². The van der Waals surface area contributed by atoms with Gasteiger partial charge in [0.25, 0.3) is 0 Å². The summed E-state index contributed by atoms with van der Waals surface area (Å²) in [6, 6.07) is 9.71. The molecule has 7 nitrogen and oxygen atoms in total. The Balaban J connectivity index is 1.70. The zero-order valence-corrected chi connectivity index (χ0v) is 16.2. The Morgan fingerprint density at radius 3 is 2.59 bits per heavy atom. The van der Waals surface area contributed by atoms with Gasteiger partial charge in [0, 0.05) is 18.8 Å². The van der Waals surface area contributed by atoms with Crippen LogP contribution >= 0.6 is 0 Å². The van der Waals surface area contributed by atoms with Gasteiger partial charge in [0.1, 0.15) is 24.3 Å². The van der Waals surface area contributed by atoms with Crippen LogP contribution in [0.25, 0.3) is 16.7 Å². The van der Waals surface area contributed by atoms with Crippen molar-refractivity contribution in [3.8, 4) is 5.75 Å². The molecule has 0 saturated heterocycles. The van der Waals surface area contributed by atoms with Gasteiger partial charge in [0.2, 0.25) is 0 Å². The summed E-state index contributed by atoms with van der Waals surface area (Å²) in [4.78, 5) is 11.6. The Hall–Kier alpha value is -2.93. The van der Waals surface area contributed by atoms with Crippen molar-refractivity contribution in [2.24, 2.45) is 0 Å². The number of hydrogen-bond donors (Lipinski definition) is 0. The summed E-state index contributed by atoms with van der Waals surface area (Å²) in [6.07, 6.45) is 1.74. The molecule has 4 rings (SSSR count). The van der Waals surface area contributed by atoms with Crippen molar-refractivity contribution in [2.75, 3.05) is 20.6 Å². The number of ether oxygens (including phenoxy) is 1. The maximum absolute atomic E-state index is 5.79. The summed E-state index contributed by atoms with van der Waals surface area (Å²) in [6.45, 7) is 6.44. The molecule has 0 N–H and O–H groups in total. The van der Waals surface area contributed by atoms with E-state index in [1.165, 1.54) is 11.3 Å². The second-order valence-corrected chi connectivity index (χ2v) is 7.01. The average Bonchev–Trinajstić information content (AvgIpc) is 3.18. The van der Waals surface area contributed by atoms with Gasteiger partial charge in [-0.2, -0.15) is 0 Å². The maximum Gasteiger partial charge on any atom is 0.189 e. The van der Waals surface area contributed by atoms with Gasteiger partial charge in [0.05, 0.1) is 5.39 Å². The molecule has 0 aliphatic rings. The third-order valence-electron chi connectivity index (χ3n) is 4.87. The fourth-order valence-corrected chi connectivity index (χ4v) is 3.27. The van der Waals surface area contributed by atoms with Crippen molar-refractivity contribution in [2.45, 2.75) is 27.0 Å². The zero-order valence-electron chi connectivity index (χ0n) is 16.2. The number of rotatable bonds is 6. The number of aryl methyl sites for hydroxylation is 1. The van der Waals surface area contributed by atoms with Gasteiger partial charge >= 0.3 is 0 Å². The molecular formula is C20H24N6O. The number of para-hydroxylation sites is 1. The number of fused-ring (bicyclic) bond motifs is 3. The molecule has 140 valence electrons. The van der Waals surface area contributed by atoms with Gasteiger partial charge in [-0.15, -0.1) is 5.10 Å². The molecule has 27 heavy (non-hydrogen) atoms. The van der Waals surface area contributed by atoms with Crippen LogP contribution in [-0.2, 0) is 13.2 Å². The lowest BCUT2D eigenvalue weighted by Gasteiger charge is -2.12. The predicted molar refractivity (Wildman–Crippen MR) is 105 cm³/mol. The number of hydrogen-bond acceptors (Lipinski definition) is 5. The van der Waals surface area contributed by atoms with E-state index in [0.717, 1.165) is 35.5 Å².